The molecule has 0 amide bonds. The van der Waals surface area contributed by atoms with Crippen molar-refractivity contribution < 1.29 is 4.52 Å². The number of anilines is 1. The van der Waals surface area contributed by atoms with E-state index in [0.29, 0.717) is 17.7 Å². The molecular formula is C16H22N8O. The Morgan fingerprint density at radius 1 is 1.32 bits per heavy atom. The van der Waals surface area contributed by atoms with Crippen molar-refractivity contribution in [1.29, 1.82) is 0 Å². The summed E-state index contributed by atoms with van der Waals surface area (Å²) in [7, 11) is 2.11. The lowest BCUT2D eigenvalue weighted by molar-refractivity contribution is 0.192. The highest BCUT2D eigenvalue weighted by atomic mass is 16.5. The first kappa shape index (κ1) is 15.9. The Morgan fingerprint density at radius 2 is 2.20 bits per heavy atom. The van der Waals surface area contributed by atoms with Gasteiger partial charge in [0.05, 0.1) is 6.54 Å². The molecule has 0 unspecified atom stereocenters. The largest absolute Gasteiger partial charge is 0.355 e. The van der Waals surface area contributed by atoms with E-state index >= 15 is 0 Å². The van der Waals surface area contributed by atoms with E-state index in [0.717, 1.165) is 49.8 Å². The SMILES string of the molecule is Cc1cc(N(C)[C@H]2CCCN(Cc3noc(C)n3)C2)n2ncnc2n1. The smallest absolute Gasteiger partial charge is 0.254 e. The zero-order valence-corrected chi connectivity index (χ0v) is 14.8. The van der Waals surface area contributed by atoms with Crippen LogP contribution < -0.4 is 4.90 Å². The summed E-state index contributed by atoms with van der Waals surface area (Å²) in [6.07, 6.45) is 3.82. The quantitative estimate of drug-likeness (QED) is 0.699. The van der Waals surface area contributed by atoms with Crippen LogP contribution in [0.2, 0.25) is 0 Å². The zero-order chi connectivity index (χ0) is 17.4. The molecule has 25 heavy (non-hydrogen) atoms. The van der Waals surface area contributed by atoms with Crippen molar-refractivity contribution in [3.63, 3.8) is 0 Å². The fourth-order valence-electron chi connectivity index (χ4n) is 3.45. The van der Waals surface area contributed by atoms with Crippen molar-refractivity contribution in [3.05, 3.63) is 29.8 Å². The van der Waals surface area contributed by atoms with E-state index in [1.807, 2.05) is 13.8 Å². The highest BCUT2D eigenvalue weighted by Crippen LogP contribution is 2.23. The minimum atomic E-state index is 0.385. The molecule has 4 rings (SSSR count). The molecule has 0 aromatic carbocycles. The maximum atomic E-state index is 5.08. The average Bonchev–Trinajstić information content (AvgIpc) is 3.22. The highest BCUT2D eigenvalue weighted by molar-refractivity contribution is 5.47. The molecule has 3 aromatic rings. The van der Waals surface area contributed by atoms with Crippen LogP contribution in [-0.2, 0) is 6.54 Å². The molecule has 132 valence electrons. The summed E-state index contributed by atoms with van der Waals surface area (Å²) in [4.78, 5) is 17.6. The first-order valence-electron chi connectivity index (χ1n) is 8.52. The number of aryl methyl sites for hydroxylation is 2. The predicted octanol–water partition coefficient (Wildman–Crippen LogP) is 1.22. The lowest BCUT2D eigenvalue weighted by Gasteiger charge is -2.38. The van der Waals surface area contributed by atoms with Crippen LogP contribution in [0.5, 0.6) is 0 Å². The second-order valence-corrected chi connectivity index (χ2v) is 6.60. The van der Waals surface area contributed by atoms with Gasteiger partial charge in [-0.3, -0.25) is 4.90 Å². The van der Waals surface area contributed by atoms with Crippen LogP contribution in [0.4, 0.5) is 5.82 Å². The minimum absolute atomic E-state index is 0.385. The van der Waals surface area contributed by atoms with Gasteiger partial charge in [-0.25, -0.2) is 4.98 Å². The van der Waals surface area contributed by atoms with Gasteiger partial charge in [-0.15, -0.1) is 0 Å². The number of likely N-dealkylation sites (tertiary alicyclic amines) is 1. The summed E-state index contributed by atoms with van der Waals surface area (Å²) in [5.74, 6) is 3.01. The van der Waals surface area contributed by atoms with E-state index in [1.165, 1.54) is 0 Å². The van der Waals surface area contributed by atoms with Crippen LogP contribution >= 0.6 is 0 Å². The van der Waals surface area contributed by atoms with Crippen LogP contribution in [0.25, 0.3) is 5.78 Å². The highest BCUT2D eigenvalue weighted by Gasteiger charge is 2.26. The van der Waals surface area contributed by atoms with E-state index in [9.17, 15) is 0 Å². The molecule has 0 saturated carbocycles. The monoisotopic (exact) mass is 342 g/mol. The van der Waals surface area contributed by atoms with Crippen LogP contribution in [0.3, 0.4) is 0 Å². The number of piperidine rings is 1. The molecule has 0 spiro atoms. The minimum Gasteiger partial charge on any atom is -0.355 e. The number of hydrogen-bond acceptors (Lipinski definition) is 8. The van der Waals surface area contributed by atoms with Gasteiger partial charge in [0, 0.05) is 38.3 Å². The van der Waals surface area contributed by atoms with E-state index in [-0.39, 0.29) is 0 Å². The molecule has 1 atom stereocenters. The van der Waals surface area contributed by atoms with Crippen LogP contribution in [0, 0.1) is 13.8 Å². The Bertz CT molecular complexity index is 872. The molecule has 1 aliphatic rings. The summed E-state index contributed by atoms with van der Waals surface area (Å²) < 4.78 is 6.88. The van der Waals surface area contributed by atoms with Gasteiger partial charge in [0.25, 0.3) is 5.78 Å². The standard InChI is InChI=1S/C16H22N8O/c1-11-7-15(24-16(19-11)17-10-18-24)22(3)13-5-4-6-23(8-13)9-14-20-12(2)25-21-14/h7,10,13H,4-6,8-9H2,1-3H3/t13-/m0/s1. The normalized spacial score (nSPS) is 18.8. The fraction of sp³-hybridized carbons (Fsp3) is 0.562. The number of fused-ring (bicyclic) bond motifs is 1. The van der Waals surface area contributed by atoms with Crippen molar-refractivity contribution in [3.8, 4) is 0 Å². The lowest BCUT2D eigenvalue weighted by Crippen LogP contribution is -2.47. The van der Waals surface area contributed by atoms with Gasteiger partial charge >= 0.3 is 0 Å². The van der Waals surface area contributed by atoms with E-state index in [2.05, 4.69) is 48.1 Å². The van der Waals surface area contributed by atoms with Crippen molar-refractivity contribution in [2.75, 3.05) is 25.0 Å². The average molecular weight is 342 g/mol. The number of likely N-dealkylation sites (N-methyl/N-ethyl adjacent to an activating group) is 1. The molecule has 9 heteroatoms. The second-order valence-electron chi connectivity index (χ2n) is 6.60. The maximum absolute atomic E-state index is 5.08. The first-order valence-corrected chi connectivity index (χ1v) is 8.52. The summed E-state index contributed by atoms with van der Waals surface area (Å²) >= 11 is 0. The van der Waals surface area contributed by atoms with Gasteiger partial charge < -0.3 is 9.42 Å². The fourth-order valence-corrected chi connectivity index (χ4v) is 3.45. The summed E-state index contributed by atoms with van der Waals surface area (Å²) in [6.45, 7) is 6.51. The number of rotatable bonds is 4. The molecule has 0 radical (unpaired) electrons. The summed E-state index contributed by atoms with van der Waals surface area (Å²) in [5.41, 5.74) is 0.942. The van der Waals surface area contributed by atoms with Gasteiger partial charge in [0.1, 0.15) is 12.1 Å². The Hall–Kier alpha value is -2.55. The van der Waals surface area contributed by atoms with Crippen LogP contribution in [-0.4, -0.2) is 60.8 Å². The third-order valence-electron chi connectivity index (χ3n) is 4.69. The third kappa shape index (κ3) is 3.19. The first-order chi connectivity index (χ1) is 12.1. The molecular weight excluding hydrogens is 320 g/mol. The molecule has 0 bridgehead atoms. The zero-order valence-electron chi connectivity index (χ0n) is 14.8. The van der Waals surface area contributed by atoms with Gasteiger partial charge in [-0.05, 0) is 26.3 Å². The Balaban J connectivity index is 1.53. The van der Waals surface area contributed by atoms with Crippen LogP contribution in [0.15, 0.2) is 16.9 Å². The predicted molar refractivity (Wildman–Crippen MR) is 91.3 cm³/mol. The summed E-state index contributed by atoms with van der Waals surface area (Å²) in [5, 5.41) is 8.33. The van der Waals surface area contributed by atoms with Crippen LogP contribution in [0.1, 0.15) is 30.3 Å². The molecule has 9 nitrogen and oxygen atoms in total. The third-order valence-corrected chi connectivity index (χ3v) is 4.69. The van der Waals surface area contributed by atoms with Crippen molar-refractivity contribution in [2.24, 2.45) is 0 Å². The molecule has 1 aliphatic heterocycles. The van der Waals surface area contributed by atoms with Crippen molar-refractivity contribution >= 4 is 11.6 Å². The van der Waals surface area contributed by atoms with E-state index in [4.69, 9.17) is 4.52 Å². The molecule has 0 aliphatic carbocycles. The van der Waals surface area contributed by atoms with Gasteiger partial charge in [-0.2, -0.15) is 19.6 Å². The molecule has 1 fully saturated rings. The van der Waals surface area contributed by atoms with Crippen molar-refractivity contribution in [2.45, 2.75) is 39.3 Å². The maximum Gasteiger partial charge on any atom is 0.254 e. The molecule has 3 aromatic heterocycles. The number of aromatic nitrogens is 6. The van der Waals surface area contributed by atoms with Crippen molar-refractivity contribution in [1.82, 2.24) is 34.6 Å². The number of hydrogen-bond donors (Lipinski definition) is 0. The van der Waals surface area contributed by atoms with Gasteiger partial charge in [0.2, 0.25) is 5.89 Å². The molecule has 4 heterocycles. The molecule has 0 N–H and O–H groups in total. The van der Waals surface area contributed by atoms with Gasteiger partial charge in [-0.1, -0.05) is 5.16 Å². The lowest BCUT2D eigenvalue weighted by atomic mass is 10.0. The second kappa shape index (κ2) is 6.40. The Labute approximate surface area is 145 Å². The topological polar surface area (TPSA) is 88.5 Å². The Kier molecular flexibility index (Phi) is 4.08. The summed E-state index contributed by atoms with van der Waals surface area (Å²) in [6, 6.07) is 2.44. The van der Waals surface area contributed by atoms with E-state index < -0.39 is 0 Å². The van der Waals surface area contributed by atoms with Gasteiger partial charge in [0.15, 0.2) is 5.82 Å². The van der Waals surface area contributed by atoms with E-state index in [1.54, 1.807) is 10.8 Å². The number of nitrogens with zero attached hydrogens (tertiary/aromatic N) is 8. The molecule has 1 saturated heterocycles. The Morgan fingerprint density at radius 3 is 3.00 bits per heavy atom.